The highest BCUT2D eigenvalue weighted by atomic mass is 16.2. The molecular weight excluding hydrogens is 374 g/mol. The predicted molar refractivity (Wildman–Crippen MR) is 123 cm³/mol. The van der Waals surface area contributed by atoms with Gasteiger partial charge in [-0.15, -0.1) is 0 Å². The smallest absolute Gasteiger partial charge is 0.258 e. The number of amides is 2. The second-order valence-corrected chi connectivity index (χ2v) is 7.19. The van der Waals surface area contributed by atoms with Crippen molar-refractivity contribution >= 4 is 28.9 Å². The molecule has 0 fully saturated rings. The SMILES string of the molecule is CCN(C(=O)c1cccc(NC(=O)CNc2ccc(C)cc2C)c1)c1ccccc1. The number of carbonyl (C=O) groups excluding carboxylic acids is 2. The Labute approximate surface area is 177 Å². The van der Waals surface area contributed by atoms with E-state index in [4.69, 9.17) is 0 Å². The van der Waals surface area contributed by atoms with E-state index < -0.39 is 0 Å². The van der Waals surface area contributed by atoms with Crippen LogP contribution in [0.1, 0.15) is 28.4 Å². The van der Waals surface area contributed by atoms with Gasteiger partial charge in [0.15, 0.2) is 0 Å². The first-order valence-corrected chi connectivity index (χ1v) is 10.1. The van der Waals surface area contributed by atoms with Crippen molar-refractivity contribution in [1.82, 2.24) is 0 Å². The van der Waals surface area contributed by atoms with Gasteiger partial charge in [0.05, 0.1) is 6.54 Å². The van der Waals surface area contributed by atoms with Crippen LogP contribution >= 0.6 is 0 Å². The molecule has 0 aliphatic carbocycles. The van der Waals surface area contributed by atoms with Crippen LogP contribution in [0, 0.1) is 13.8 Å². The lowest BCUT2D eigenvalue weighted by Crippen LogP contribution is -2.30. The van der Waals surface area contributed by atoms with E-state index in [1.807, 2.05) is 63.2 Å². The van der Waals surface area contributed by atoms with E-state index in [0.717, 1.165) is 16.9 Å². The van der Waals surface area contributed by atoms with E-state index in [1.165, 1.54) is 5.56 Å². The van der Waals surface area contributed by atoms with Gasteiger partial charge in [-0.25, -0.2) is 0 Å². The lowest BCUT2D eigenvalue weighted by atomic mass is 10.1. The number of para-hydroxylation sites is 1. The number of aryl methyl sites for hydroxylation is 2. The third-order valence-corrected chi connectivity index (χ3v) is 4.84. The van der Waals surface area contributed by atoms with Gasteiger partial charge < -0.3 is 15.5 Å². The summed E-state index contributed by atoms with van der Waals surface area (Å²) in [7, 11) is 0. The molecule has 3 aromatic rings. The normalized spacial score (nSPS) is 10.4. The van der Waals surface area contributed by atoms with Crippen LogP contribution in [0.2, 0.25) is 0 Å². The molecule has 0 aliphatic rings. The van der Waals surface area contributed by atoms with Gasteiger partial charge in [0.2, 0.25) is 5.91 Å². The number of nitrogens with one attached hydrogen (secondary N) is 2. The third-order valence-electron chi connectivity index (χ3n) is 4.84. The molecule has 3 aromatic carbocycles. The molecule has 0 spiro atoms. The summed E-state index contributed by atoms with van der Waals surface area (Å²) in [4.78, 5) is 27.1. The Hall–Kier alpha value is -3.60. The standard InChI is InChI=1S/C25H27N3O2/c1-4-28(22-11-6-5-7-12-22)25(30)20-9-8-10-21(16-20)27-24(29)17-26-23-14-13-18(2)15-19(23)3/h5-16,26H,4,17H2,1-3H3,(H,27,29). The largest absolute Gasteiger partial charge is 0.376 e. The molecule has 0 aliphatic heterocycles. The molecule has 0 radical (unpaired) electrons. The predicted octanol–water partition coefficient (Wildman–Crippen LogP) is 5.02. The highest BCUT2D eigenvalue weighted by Crippen LogP contribution is 2.19. The fourth-order valence-electron chi connectivity index (χ4n) is 3.33. The summed E-state index contributed by atoms with van der Waals surface area (Å²) in [5, 5.41) is 6.02. The van der Waals surface area contributed by atoms with Crippen LogP contribution in [0.4, 0.5) is 17.1 Å². The number of rotatable bonds is 7. The summed E-state index contributed by atoms with van der Waals surface area (Å²) < 4.78 is 0. The van der Waals surface area contributed by atoms with Crippen molar-refractivity contribution in [2.75, 3.05) is 28.6 Å². The molecule has 5 heteroatoms. The van der Waals surface area contributed by atoms with Gasteiger partial charge in [-0.3, -0.25) is 9.59 Å². The minimum Gasteiger partial charge on any atom is -0.376 e. The fraction of sp³-hybridized carbons (Fsp3) is 0.200. The van der Waals surface area contributed by atoms with Crippen molar-refractivity contribution in [2.24, 2.45) is 0 Å². The molecule has 154 valence electrons. The van der Waals surface area contributed by atoms with Crippen LogP contribution in [-0.2, 0) is 4.79 Å². The molecule has 5 nitrogen and oxygen atoms in total. The second-order valence-electron chi connectivity index (χ2n) is 7.19. The molecule has 0 heterocycles. The molecule has 0 unspecified atom stereocenters. The minimum atomic E-state index is -0.171. The number of nitrogens with zero attached hydrogens (tertiary/aromatic N) is 1. The van der Waals surface area contributed by atoms with E-state index in [0.29, 0.717) is 17.8 Å². The summed E-state index contributed by atoms with van der Waals surface area (Å²) in [6, 6.07) is 22.6. The van der Waals surface area contributed by atoms with Crippen molar-refractivity contribution in [3.8, 4) is 0 Å². The van der Waals surface area contributed by atoms with E-state index in [-0.39, 0.29) is 18.4 Å². The Kier molecular flexibility index (Phi) is 6.86. The summed E-state index contributed by atoms with van der Waals surface area (Å²) in [5.74, 6) is -0.275. The molecule has 0 atom stereocenters. The van der Waals surface area contributed by atoms with Crippen LogP contribution in [0.25, 0.3) is 0 Å². The maximum atomic E-state index is 13.0. The summed E-state index contributed by atoms with van der Waals surface area (Å²) in [6.07, 6.45) is 0. The van der Waals surface area contributed by atoms with E-state index in [2.05, 4.69) is 16.7 Å². The first-order valence-electron chi connectivity index (χ1n) is 10.1. The number of hydrogen-bond donors (Lipinski definition) is 2. The van der Waals surface area contributed by atoms with Crippen LogP contribution in [-0.4, -0.2) is 24.9 Å². The fourth-order valence-corrected chi connectivity index (χ4v) is 3.33. The molecule has 3 rings (SSSR count). The quantitative estimate of drug-likeness (QED) is 0.584. The van der Waals surface area contributed by atoms with Gasteiger partial charge in [0.1, 0.15) is 0 Å². The number of carbonyl (C=O) groups is 2. The third kappa shape index (κ3) is 5.26. The zero-order chi connectivity index (χ0) is 21.5. The van der Waals surface area contributed by atoms with E-state index in [1.54, 1.807) is 29.2 Å². The van der Waals surface area contributed by atoms with E-state index >= 15 is 0 Å². The molecule has 0 saturated carbocycles. The average Bonchev–Trinajstić information content (AvgIpc) is 2.74. The van der Waals surface area contributed by atoms with Gasteiger partial charge in [-0.05, 0) is 62.7 Å². The van der Waals surface area contributed by atoms with Gasteiger partial charge in [-0.2, -0.15) is 0 Å². The van der Waals surface area contributed by atoms with Gasteiger partial charge >= 0.3 is 0 Å². The van der Waals surface area contributed by atoms with Crippen LogP contribution in [0.3, 0.4) is 0 Å². The maximum absolute atomic E-state index is 13.0. The first-order chi connectivity index (χ1) is 14.5. The topological polar surface area (TPSA) is 61.4 Å². The number of anilines is 3. The monoisotopic (exact) mass is 401 g/mol. The number of hydrogen-bond acceptors (Lipinski definition) is 3. The van der Waals surface area contributed by atoms with Crippen LogP contribution in [0.15, 0.2) is 72.8 Å². The average molecular weight is 402 g/mol. The molecule has 30 heavy (non-hydrogen) atoms. The van der Waals surface area contributed by atoms with Crippen molar-refractivity contribution < 1.29 is 9.59 Å². The van der Waals surface area contributed by atoms with E-state index in [9.17, 15) is 9.59 Å². The Morgan fingerprint density at radius 3 is 2.37 bits per heavy atom. The molecule has 2 amide bonds. The Balaban J connectivity index is 1.66. The summed E-state index contributed by atoms with van der Waals surface area (Å²) >= 11 is 0. The number of benzene rings is 3. The Morgan fingerprint density at radius 2 is 1.67 bits per heavy atom. The van der Waals surface area contributed by atoms with Gasteiger partial charge in [-0.1, -0.05) is 42.0 Å². The van der Waals surface area contributed by atoms with Gasteiger partial charge in [0.25, 0.3) is 5.91 Å². The van der Waals surface area contributed by atoms with Crippen molar-refractivity contribution in [2.45, 2.75) is 20.8 Å². The highest BCUT2D eigenvalue weighted by Gasteiger charge is 2.16. The Bertz CT molecular complexity index is 1030. The summed E-state index contributed by atoms with van der Waals surface area (Å²) in [5.41, 5.74) is 5.17. The molecular formula is C25H27N3O2. The molecule has 0 aromatic heterocycles. The molecule has 2 N–H and O–H groups in total. The summed E-state index contributed by atoms with van der Waals surface area (Å²) in [6.45, 7) is 6.69. The Morgan fingerprint density at radius 1 is 0.900 bits per heavy atom. The maximum Gasteiger partial charge on any atom is 0.258 e. The zero-order valence-corrected chi connectivity index (χ0v) is 17.6. The van der Waals surface area contributed by atoms with Crippen LogP contribution < -0.4 is 15.5 Å². The van der Waals surface area contributed by atoms with Crippen LogP contribution in [0.5, 0.6) is 0 Å². The molecule has 0 bridgehead atoms. The van der Waals surface area contributed by atoms with Gasteiger partial charge in [0, 0.05) is 29.2 Å². The lowest BCUT2D eigenvalue weighted by molar-refractivity contribution is -0.114. The highest BCUT2D eigenvalue weighted by molar-refractivity contribution is 6.07. The minimum absolute atomic E-state index is 0.104. The first kappa shape index (κ1) is 21.1. The molecule has 0 saturated heterocycles. The van der Waals surface area contributed by atoms with Crippen molar-refractivity contribution in [3.05, 3.63) is 89.5 Å². The second kappa shape index (κ2) is 9.74. The van der Waals surface area contributed by atoms with Crippen molar-refractivity contribution in [3.63, 3.8) is 0 Å². The lowest BCUT2D eigenvalue weighted by Gasteiger charge is -2.21. The zero-order valence-electron chi connectivity index (χ0n) is 17.6. The van der Waals surface area contributed by atoms with Crippen molar-refractivity contribution in [1.29, 1.82) is 0 Å².